The highest BCUT2D eigenvalue weighted by Crippen LogP contribution is 1.92. The van der Waals surface area contributed by atoms with E-state index in [4.69, 9.17) is 11.5 Å². The topological polar surface area (TPSA) is 52.0 Å². The van der Waals surface area contributed by atoms with E-state index in [9.17, 15) is 0 Å². The van der Waals surface area contributed by atoms with Gasteiger partial charge in [-0.3, -0.25) is 0 Å². The molecule has 4 N–H and O–H groups in total. The summed E-state index contributed by atoms with van der Waals surface area (Å²) in [5.74, 6) is 0. The van der Waals surface area contributed by atoms with Crippen molar-refractivity contribution in [3.05, 3.63) is 23.5 Å². The van der Waals surface area contributed by atoms with Crippen molar-refractivity contribution in [2.75, 3.05) is 0 Å². The number of hydrogen-bond acceptors (Lipinski definition) is 2. The molecule has 1 aliphatic rings. The first kappa shape index (κ1) is 6.16. The molecule has 0 aromatic carbocycles. The van der Waals surface area contributed by atoms with Gasteiger partial charge in [0.05, 0.1) is 0 Å². The van der Waals surface area contributed by atoms with Crippen molar-refractivity contribution >= 4 is 21.7 Å². The van der Waals surface area contributed by atoms with Crippen molar-refractivity contribution in [1.82, 2.24) is 0 Å². The maximum Gasteiger partial charge on any atom is 0.0435 e. The van der Waals surface area contributed by atoms with E-state index >= 15 is 0 Å². The monoisotopic (exact) mass is 140 g/mol. The Balaban J connectivity index is 3.00. The molecule has 0 amide bonds. The minimum atomic E-state index is 0.703. The highest BCUT2D eigenvalue weighted by atomic mass is 32.1. The highest BCUT2D eigenvalue weighted by molar-refractivity contribution is 7.96. The quantitative estimate of drug-likeness (QED) is 0.466. The van der Waals surface area contributed by atoms with Crippen LogP contribution in [0.25, 0.3) is 0 Å². The molecule has 2 nitrogen and oxygen atoms in total. The summed E-state index contributed by atoms with van der Waals surface area (Å²) in [5, 5.41) is 3.74. The summed E-state index contributed by atoms with van der Waals surface area (Å²) >= 11 is 0. The Morgan fingerprint density at radius 1 is 1.22 bits per heavy atom. The molecule has 0 saturated heterocycles. The van der Waals surface area contributed by atoms with Gasteiger partial charge in [-0.1, -0.05) is 0 Å². The van der Waals surface area contributed by atoms with Crippen LogP contribution in [0.3, 0.4) is 0 Å². The lowest BCUT2D eigenvalue weighted by Gasteiger charge is -1.88. The van der Waals surface area contributed by atoms with Crippen molar-refractivity contribution < 1.29 is 0 Å². The number of rotatable bonds is 0. The molecule has 1 rings (SSSR count). The van der Waals surface area contributed by atoms with Crippen LogP contribution in [-0.2, 0) is 0 Å². The Bertz CT molecular complexity index is 231. The van der Waals surface area contributed by atoms with Gasteiger partial charge in [-0.05, 0) is 17.5 Å². The fourth-order valence-corrected chi connectivity index (χ4v) is 1.05. The fraction of sp³-hybridized carbons (Fsp3) is 0. The summed E-state index contributed by atoms with van der Waals surface area (Å²) in [6.45, 7) is 0. The highest BCUT2D eigenvalue weighted by Gasteiger charge is 1.86. The zero-order chi connectivity index (χ0) is 6.69. The maximum atomic E-state index is 5.47. The fourth-order valence-electron chi connectivity index (χ4n) is 0.510. The van der Waals surface area contributed by atoms with Crippen molar-refractivity contribution in [3.8, 4) is 0 Å². The largest absolute Gasteiger partial charge is 0.399 e. The van der Waals surface area contributed by atoms with Gasteiger partial charge in [-0.25, -0.2) is 0 Å². The smallest absolute Gasteiger partial charge is 0.0435 e. The Labute approximate surface area is 57.4 Å². The average molecular weight is 140 g/mol. The van der Waals surface area contributed by atoms with E-state index in [0.717, 1.165) is 0 Å². The van der Waals surface area contributed by atoms with Crippen LogP contribution in [0.15, 0.2) is 23.5 Å². The maximum absolute atomic E-state index is 5.47. The van der Waals surface area contributed by atoms with Gasteiger partial charge in [-0.2, -0.15) is 10.9 Å². The van der Waals surface area contributed by atoms with Crippen LogP contribution in [0, 0.1) is 0 Å². The molecule has 0 bridgehead atoms. The molecule has 0 fully saturated rings. The van der Waals surface area contributed by atoms with Crippen LogP contribution in [0.5, 0.6) is 0 Å². The standard InChI is InChI=1S/C6H8N2S/c7-5-1-2-9-4-6(8)3-5/h1-4H,7-8H2. The summed E-state index contributed by atoms with van der Waals surface area (Å²) in [4.78, 5) is 0. The summed E-state index contributed by atoms with van der Waals surface area (Å²) in [7, 11) is 1.53. The Morgan fingerprint density at radius 2 is 2.00 bits per heavy atom. The van der Waals surface area contributed by atoms with E-state index in [-0.39, 0.29) is 0 Å². The van der Waals surface area contributed by atoms with Gasteiger partial charge in [0.15, 0.2) is 0 Å². The third-order valence-corrected chi connectivity index (χ3v) is 1.58. The van der Waals surface area contributed by atoms with E-state index in [2.05, 4.69) is 0 Å². The summed E-state index contributed by atoms with van der Waals surface area (Å²) in [5.41, 5.74) is 12.3. The number of allylic oxidation sites excluding steroid dienone is 3. The second-order valence-electron chi connectivity index (χ2n) is 1.70. The second-order valence-corrected chi connectivity index (χ2v) is 2.48. The molecule has 0 atom stereocenters. The zero-order valence-corrected chi connectivity index (χ0v) is 5.69. The van der Waals surface area contributed by atoms with Crippen LogP contribution in [0.2, 0.25) is 0 Å². The number of hydrogen-bond donors (Lipinski definition) is 2. The first-order valence-corrected chi connectivity index (χ1v) is 3.48. The molecule has 48 valence electrons. The van der Waals surface area contributed by atoms with Crippen LogP contribution < -0.4 is 11.5 Å². The Hall–Kier alpha value is -0.960. The molecular weight excluding hydrogens is 132 g/mol. The zero-order valence-electron chi connectivity index (χ0n) is 4.87. The van der Waals surface area contributed by atoms with Gasteiger partial charge < -0.3 is 11.5 Å². The third-order valence-electron chi connectivity index (χ3n) is 0.877. The van der Waals surface area contributed by atoms with Crippen molar-refractivity contribution in [1.29, 1.82) is 0 Å². The molecule has 0 spiro atoms. The number of nitrogens with two attached hydrogens (primary N) is 2. The van der Waals surface area contributed by atoms with Gasteiger partial charge in [0.1, 0.15) is 0 Å². The molecule has 0 aliphatic carbocycles. The van der Waals surface area contributed by atoms with Crippen LogP contribution in [0.4, 0.5) is 0 Å². The molecule has 0 radical (unpaired) electrons. The molecule has 9 heavy (non-hydrogen) atoms. The molecule has 0 aromatic heterocycles. The second kappa shape index (κ2) is 2.55. The van der Waals surface area contributed by atoms with E-state index in [1.807, 2.05) is 16.8 Å². The molecule has 3 heteroatoms. The van der Waals surface area contributed by atoms with Gasteiger partial charge >= 0.3 is 0 Å². The summed E-state index contributed by atoms with van der Waals surface area (Å²) in [6.07, 6.45) is 3.55. The van der Waals surface area contributed by atoms with Gasteiger partial charge in [0, 0.05) is 16.8 Å². The predicted molar refractivity (Wildman–Crippen MR) is 44.3 cm³/mol. The molecule has 0 unspecified atom stereocenters. The van der Waals surface area contributed by atoms with Crippen LogP contribution in [0.1, 0.15) is 0 Å². The van der Waals surface area contributed by atoms with E-state index in [0.29, 0.717) is 11.4 Å². The lowest BCUT2D eigenvalue weighted by Crippen LogP contribution is -2.00. The predicted octanol–water partition coefficient (Wildman–Crippen LogP) is 0.0228. The third kappa shape index (κ3) is 1.77. The summed E-state index contributed by atoms with van der Waals surface area (Å²) in [6, 6.07) is 0. The minimum absolute atomic E-state index is 0.703. The van der Waals surface area contributed by atoms with Gasteiger partial charge in [0.2, 0.25) is 0 Å². The minimum Gasteiger partial charge on any atom is -0.399 e. The SMILES string of the molecule is NC1=CC=S=CC(N)=C1. The first-order chi connectivity index (χ1) is 4.29. The van der Waals surface area contributed by atoms with E-state index in [1.54, 1.807) is 6.08 Å². The first-order valence-electron chi connectivity index (χ1n) is 2.54. The Morgan fingerprint density at radius 3 is 2.78 bits per heavy atom. The van der Waals surface area contributed by atoms with Gasteiger partial charge in [0.25, 0.3) is 0 Å². The molecule has 0 saturated carbocycles. The van der Waals surface area contributed by atoms with Crippen LogP contribution in [-0.4, -0.2) is 10.7 Å². The van der Waals surface area contributed by atoms with Crippen molar-refractivity contribution in [2.45, 2.75) is 0 Å². The van der Waals surface area contributed by atoms with E-state index in [1.165, 1.54) is 10.9 Å². The van der Waals surface area contributed by atoms with Crippen molar-refractivity contribution in [3.63, 3.8) is 0 Å². The average Bonchev–Trinajstić information content (AvgIpc) is 1.93. The van der Waals surface area contributed by atoms with Crippen molar-refractivity contribution in [2.24, 2.45) is 11.5 Å². The molecule has 1 heterocycles. The lowest BCUT2D eigenvalue weighted by molar-refractivity contribution is 1.39. The molecule has 0 aromatic rings. The summed E-state index contributed by atoms with van der Waals surface area (Å²) < 4.78 is 0. The molecule has 1 aliphatic heterocycles. The molecular formula is C6H8N2S. The van der Waals surface area contributed by atoms with Crippen LogP contribution >= 0.6 is 10.9 Å². The Kier molecular flexibility index (Phi) is 1.75. The van der Waals surface area contributed by atoms with E-state index < -0.39 is 0 Å². The normalized spacial score (nSPS) is 17.3. The van der Waals surface area contributed by atoms with Gasteiger partial charge in [-0.15, -0.1) is 0 Å². The lowest BCUT2D eigenvalue weighted by atomic mass is 10.3.